The lowest BCUT2D eigenvalue weighted by Crippen LogP contribution is -2.41. The molecule has 0 radical (unpaired) electrons. The Morgan fingerprint density at radius 2 is 1.77 bits per heavy atom. The number of aromatic hydroxyl groups is 1. The summed E-state index contributed by atoms with van der Waals surface area (Å²) in [5.41, 5.74) is 3.82. The summed E-state index contributed by atoms with van der Waals surface area (Å²) in [4.78, 5) is 2.63. The lowest BCUT2D eigenvalue weighted by molar-refractivity contribution is 0.136. The third-order valence-corrected chi connectivity index (χ3v) is 5.21. The first kappa shape index (κ1) is 18.8. The molecule has 3 rings (SSSR count). The minimum atomic E-state index is 0.345. The second kappa shape index (κ2) is 9.09. The Balaban J connectivity index is 1.48. The van der Waals surface area contributed by atoms with Crippen LogP contribution in [-0.4, -0.2) is 35.7 Å². The summed E-state index contributed by atoms with van der Waals surface area (Å²) >= 11 is 0. The molecule has 2 aromatic carbocycles. The number of likely N-dealkylation sites (tertiary alicyclic amines) is 1. The van der Waals surface area contributed by atoms with Crippen LogP contribution in [-0.2, 0) is 6.42 Å². The monoisotopic (exact) mass is 353 g/mol. The molecule has 1 saturated heterocycles. The first-order valence-electron chi connectivity index (χ1n) is 9.83. The van der Waals surface area contributed by atoms with Gasteiger partial charge in [-0.25, -0.2) is 0 Å². The van der Waals surface area contributed by atoms with Crippen LogP contribution in [0.1, 0.15) is 42.4 Å². The fourth-order valence-electron chi connectivity index (χ4n) is 3.96. The molecule has 3 nitrogen and oxygen atoms in total. The summed E-state index contributed by atoms with van der Waals surface area (Å²) in [6.07, 6.45) is 6.00. The number of phenols is 1. The average Bonchev–Trinajstić information content (AvgIpc) is 2.61. The van der Waals surface area contributed by atoms with Gasteiger partial charge in [-0.1, -0.05) is 24.6 Å². The van der Waals surface area contributed by atoms with E-state index in [0.717, 1.165) is 31.7 Å². The highest BCUT2D eigenvalue weighted by Crippen LogP contribution is 2.22. The van der Waals surface area contributed by atoms with Gasteiger partial charge in [0.2, 0.25) is 0 Å². The molecule has 140 valence electrons. The largest absolute Gasteiger partial charge is 0.508 e. The van der Waals surface area contributed by atoms with Crippen LogP contribution < -0.4 is 4.74 Å². The second-order valence-corrected chi connectivity index (χ2v) is 7.58. The van der Waals surface area contributed by atoms with Gasteiger partial charge in [0.25, 0.3) is 0 Å². The van der Waals surface area contributed by atoms with Gasteiger partial charge in [-0.05, 0) is 87.0 Å². The van der Waals surface area contributed by atoms with E-state index in [1.165, 1.54) is 42.5 Å². The predicted octanol–water partition coefficient (Wildman–Crippen LogP) is 4.88. The van der Waals surface area contributed by atoms with Gasteiger partial charge in [-0.2, -0.15) is 0 Å². The molecule has 0 saturated carbocycles. The van der Waals surface area contributed by atoms with Gasteiger partial charge in [0.05, 0.1) is 6.61 Å². The summed E-state index contributed by atoms with van der Waals surface area (Å²) < 4.78 is 5.97. The Morgan fingerprint density at radius 1 is 1.04 bits per heavy atom. The molecule has 1 aliphatic heterocycles. The van der Waals surface area contributed by atoms with Crippen LogP contribution in [0.3, 0.4) is 0 Å². The van der Waals surface area contributed by atoms with Crippen LogP contribution in [0, 0.1) is 13.8 Å². The van der Waals surface area contributed by atoms with Crippen molar-refractivity contribution in [3.05, 3.63) is 59.2 Å². The third-order valence-electron chi connectivity index (χ3n) is 5.21. The molecule has 1 fully saturated rings. The summed E-state index contributed by atoms with van der Waals surface area (Å²) in [5, 5.41) is 9.46. The molecule has 1 aliphatic rings. The zero-order valence-corrected chi connectivity index (χ0v) is 16.1. The van der Waals surface area contributed by atoms with Crippen LogP contribution >= 0.6 is 0 Å². The van der Waals surface area contributed by atoms with Gasteiger partial charge in [0.15, 0.2) is 0 Å². The van der Waals surface area contributed by atoms with Crippen LogP contribution in [0.5, 0.6) is 11.5 Å². The van der Waals surface area contributed by atoms with Crippen molar-refractivity contribution in [2.75, 3.05) is 19.7 Å². The number of piperidine rings is 1. The number of hydrogen-bond acceptors (Lipinski definition) is 3. The highest BCUT2D eigenvalue weighted by atomic mass is 16.5. The van der Waals surface area contributed by atoms with Crippen molar-refractivity contribution in [2.45, 2.75) is 52.0 Å². The van der Waals surface area contributed by atoms with Crippen LogP contribution in [0.25, 0.3) is 0 Å². The number of hydrogen-bond donors (Lipinski definition) is 1. The van der Waals surface area contributed by atoms with Gasteiger partial charge in [0.1, 0.15) is 11.5 Å². The zero-order valence-electron chi connectivity index (χ0n) is 16.1. The molecule has 0 aliphatic carbocycles. The average molecular weight is 354 g/mol. The van der Waals surface area contributed by atoms with Gasteiger partial charge < -0.3 is 9.84 Å². The van der Waals surface area contributed by atoms with Crippen LogP contribution in [0.2, 0.25) is 0 Å². The molecule has 0 aromatic heterocycles. The summed E-state index contributed by atoms with van der Waals surface area (Å²) in [6.45, 7) is 7.27. The number of benzene rings is 2. The van der Waals surface area contributed by atoms with Gasteiger partial charge >= 0.3 is 0 Å². The van der Waals surface area contributed by atoms with Crippen LogP contribution in [0.4, 0.5) is 0 Å². The van der Waals surface area contributed by atoms with E-state index >= 15 is 0 Å². The van der Waals surface area contributed by atoms with Crippen molar-refractivity contribution >= 4 is 0 Å². The predicted molar refractivity (Wildman–Crippen MR) is 107 cm³/mol. The Morgan fingerprint density at radius 3 is 2.50 bits per heavy atom. The smallest absolute Gasteiger partial charge is 0.119 e. The number of ether oxygens (including phenoxy) is 1. The maximum atomic E-state index is 9.46. The first-order valence-corrected chi connectivity index (χ1v) is 9.83. The Bertz CT molecular complexity index is 676. The molecule has 2 aromatic rings. The fraction of sp³-hybridized carbons (Fsp3) is 0.478. The van der Waals surface area contributed by atoms with Crippen molar-refractivity contribution in [2.24, 2.45) is 0 Å². The molecule has 0 amide bonds. The van der Waals surface area contributed by atoms with E-state index in [-0.39, 0.29) is 0 Å². The molecule has 1 atom stereocenters. The van der Waals surface area contributed by atoms with Gasteiger partial charge in [-0.15, -0.1) is 0 Å². The number of phenolic OH excluding ortho intramolecular Hbond substituents is 1. The van der Waals surface area contributed by atoms with E-state index in [9.17, 15) is 5.11 Å². The summed E-state index contributed by atoms with van der Waals surface area (Å²) in [7, 11) is 0. The van der Waals surface area contributed by atoms with Crippen LogP contribution in [0.15, 0.2) is 42.5 Å². The van der Waals surface area contributed by atoms with Crippen molar-refractivity contribution < 1.29 is 9.84 Å². The van der Waals surface area contributed by atoms with Crippen molar-refractivity contribution in [3.8, 4) is 11.5 Å². The molecule has 1 heterocycles. The maximum absolute atomic E-state index is 9.46. The van der Waals surface area contributed by atoms with E-state index in [2.05, 4.69) is 36.9 Å². The molecule has 0 bridgehead atoms. The lowest BCUT2D eigenvalue weighted by Gasteiger charge is -2.36. The maximum Gasteiger partial charge on any atom is 0.119 e. The summed E-state index contributed by atoms with van der Waals surface area (Å²) in [6, 6.07) is 14.7. The molecule has 1 N–H and O–H groups in total. The van der Waals surface area contributed by atoms with E-state index < -0.39 is 0 Å². The highest BCUT2D eigenvalue weighted by Gasteiger charge is 2.22. The van der Waals surface area contributed by atoms with Gasteiger partial charge in [0, 0.05) is 12.6 Å². The number of nitrogens with zero attached hydrogens (tertiary/aromatic N) is 1. The first-order chi connectivity index (χ1) is 12.6. The fourth-order valence-corrected chi connectivity index (χ4v) is 3.96. The third kappa shape index (κ3) is 5.50. The zero-order chi connectivity index (χ0) is 18.4. The van der Waals surface area contributed by atoms with E-state index in [4.69, 9.17) is 4.74 Å². The molecule has 3 heteroatoms. The quantitative estimate of drug-likeness (QED) is 0.721. The Kier molecular flexibility index (Phi) is 6.56. The molecule has 0 spiro atoms. The molecular weight excluding hydrogens is 322 g/mol. The van der Waals surface area contributed by atoms with Crippen molar-refractivity contribution in [1.29, 1.82) is 0 Å². The lowest BCUT2D eigenvalue weighted by atomic mass is 9.95. The molecular formula is C23H31NO2. The Labute approximate surface area is 157 Å². The standard InChI is InChI=1S/C23H31NO2/c1-18-14-19(2)16-23(15-18)26-13-5-12-24-11-4-3-6-21(24)17-20-7-9-22(25)10-8-20/h7-10,14-16,21,25H,3-6,11-13,17H2,1-2H3. The minimum absolute atomic E-state index is 0.345. The minimum Gasteiger partial charge on any atom is -0.508 e. The second-order valence-electron chi connectivity index (χ2n) is 7.58. The van der Waals surface area contributed by atoms with E-state index in [1.54, 1.807) is 12.1 Å². The Hall–Kier alpha value is -2.00. The number of rotatable bonds is 7. The highest BCUT2D eigenvalue weighted by molar-refractivity contribution is 5.33. The number of aryl methyl sites for hydroxylation is 2. The normalized spacial score (nSPS) is 18.0. The van der Waals surface area contributed by atoms with Crippen molar-refractivity contribution in [3.63, 3.8) is 0 Å². The van der Waals surface area contributed by atoms with E-state index in [0.29, 0.717) is 11.8 Å². The SMILES string of the molecule is Cc1cc(C)cc(OCCCN2CCCCC2Cc2ccc(O)cc2)c1. The van der Waals surface area contributed by atoms with Crippen molar-refractivity contribution in [1.82, 2.24) is 4.90 Å². The topological polar surface area (TPSA) is 32.7 Å². The summed E-state index contributed by atoms with van der Waals surface area (Å²) in [5.74, 6) is 1.33. The molecule has 26 heavy (non-hydrogen) atoms. The van der Waals surface area contributed by atoms with E-state index in [1.807, 2.05) is 12.1 Å². The molecule has 1 unspecified atom stereocenters. The van der Waals surface area contributed by atoms with Gasteiger partial charge in [-0.3, -0.25) is 4.90 Å².